The molecule has 2 aromatic rings. The summed E-state index contributed by atoms with van der Waals surface area (Å²) in [5.41, 5.74) is 4.04. The van der Waals surface area contributed by atoms with Crippen molar-refractivity contribution in [2.45, 2.75) is 37.1 Å². The van der Waals surface area contributed by atoms with Crippen molar-refractivity contribution in [3.63, 3.8) is 0 Å². The monoisotopic (exact) mass is 416 g/mol. The lowest BCUT2D eigenvalue weighted by Crippen LogP contribution is -2.60. The van der Waals surface area contributed by atoms with Gasteiger partial charge in [-0.25, -0.2) is 5.43 Å². The number of carbonyl (C=O) groups excluding carboxylic acids is 1. The maximum atomic E-state index is 11.9. The quantitative estimate of drug-likeness (QED) is 0.304. The van der Waals surface area contributed by atoms with Crippen LogP contribution in [0.1, 0.15) is 11.1 Å². The molecule has 5 N–H and O–H groups in total. The molecule has 9 nitrogen and oxygen atoms in total. The van der Waals surface area contributed by atoms with Gasteiger partial charge >= 0.3 is 0 Å². The van der Waals surface area contributed by atoms with Crippen LogP contribution in [-0.4, -0.2) is 69.9 Å². The smallest absolute Gasteiger partial charge is 0.244 e. The minimum absolute atomic E-state index is 0.226. The van der Waals surface area contributed by atoms with Crippen molar-refractivity contribution in [1.82, 2.24) is 5.43 Å². The van der Waals surface area contributed by atoms with Crippen molar-refractivity contribution in [3.8, 4) is 5.75 Å². The molecule has 1 aliphatic rings. The molecule has 3 rings (SSSR count). The second-order valence-electron chi connectivity index (χ2n) is 6.84. The molecule has 9 heteroatoms. The normalized spacial score (nSPS) is 26.5. The van der Waals surface area contributed by atoms with Gasteiger partial charge in [0, 0.05) is 0 Å². The Bertz CT molecular complexity index is 842. The van der Waals surface area contributed by atoms with E-state index in [1.807, 2.05) is 30.3 Å². The molecular formula is C21H24N2O7. The van der Waals surface area contributed by atoms with Crippen molar-refractivity contribution >= 4 is 12.1 Å². The number of nitrogens with zero attached hydrogens (tertiary/aromatic N) is 1. The Labute approximate surface area is 173 Å². The van der Waals surface area contributed by atoms with Gasteiger partial charge in [-0.1, -0.05) is 30.3 Å². The van der Waals surface area contributed by atoms with E-state index in [9.17, 15) is 25.2 Å². The summed E-state index contributed by atoms with van der Waals surface area (Å²) >= 11 is 0. The number of benzene rings is 2. The Hall–Kier alpha value is -2.82. The van der Waals surface area contributed by atoms with Crippen molar-refractivity contribution in [1.29, 1.82) is 0 Å². The summed E-state index contributed by atoms with van der Waals surface area (Å²) in [6.07, 6.45) is -5.03. The van der Waals surface area contributed by atoms with Gasteiger partial charge in [-0.2, -0.15) is 5.10 Å². The number of rotatable bonds is 7. The predicted octanol–water partition coefficient (Wildman–Crippen LogP) is -0.442. The average Bonchev–Trinajstić information content (AvgIpc) is 2.76. The maximum Gasteiger partial charge on any atom is 0.244 e. The summed E-state index contributed by atoms with van der Waals surface area (Å²) in [4.78, 5) is 11.9. The van der Waals surface area contributed by atoms with Crippen LogP contribution in [0.3, 0.4) is 0 Å². The van der Waals surface area contributed by atoms with Crippen molar-refractivity contribution in [2.24, 2.45) is 5.10 Å². The first-order valence-electron chi connectivity index (χ1n) is 9.41. The molecule has 30 heavy (non-hydrogen) atoms. The summed E-state index contributed by atoms with van der Waals surface area (Å²) in [5, 5.41) is 42.7. The van der Waals surface area contributed by atoms with E-state index in [2.05, 4.69) is 10.5 Å². The topological polar surface area (TPSA) is 141 Å². The van der Waals surface area contributed by atoms with E-state index in [1.165, 1.54) is 6.21 Å². The highest BCUT2D eigenvalue weighted by Gasteiger charge is 2.44. The lowest BCUT2D eigenvalue weighted by Gasteiger charge is -2.39. The van der Waals surface area contributed by atoms with E-state index >= 15 is 0 Å². The number of aliphatic hydroxyl groups excluding tert-OH is 4. The Morgan fingerprint density at radius 1 is 1.03 bits per heavy atom. The molecule has 2 aromatic carbocycles. The SMILES string of the molecule is O=C(Cc1ccccc1)NN=Cc1ccc(O[C@@H]2O[C@H](CO)[C@@H](O)[C@H](O)[C@H]2O)cc1. The van der Waals surface area contributed by atoms with E-state index in [0.717, 1.165) is 5.56 Å². The van der Waals surface area contributed by atoms with Crippen molar-refractivity contribution < 1.29 is 34.7 Å². The molecule has 1 aliphatic heterocycles. The Morgan fingerprint density at radius 2 is 1.73 bits per heavy atom. The first-order chi connectivity index (χ1) is 14.5. The molecule has 1 amide bonds. The van der Waals surface area contributed by atoms with E-state index < -0.39 is 37.3 Å². The molecule has 0 unspecified atom stereocenters. The molecule has 5 atom stereocenters. The van der Waals surface area contributed by atoms with Crippen LogP contribution in [0.25, 0.3) is 0 Å². The van der Waals surface area contributed by atoms with Crippen LogP contribution in [0.4, 0.5) is 0 Å². The minimum Gasteiger partial charge on any atom is -0.462 e. The molecule has 0 aliphatic carbocycles. The number of hydrogen-bond acceptors (Lipinski definition) is 8. The number of hydrazone groups is 1. The second kappa shape index (κ2) is 10.3. The fourth-order valence-corrected chi connectivity index (χ4v) is 2.93. The summed E-state index contributed by atoms with van der Waals surface area (Å²) < 4.78 is 10.8. The van der Waals surface area contributed by atoms with E-state index in [0.29, 0.717) is 11.3 Å². The lowest BCUT2D eigenvalue weighted by atomic mass is 9.99. The standard InChI is InChI=1S/C21H24N2O7/c24-12-16-18(26)19(27)20(28)21(30-16)29-15-8-6-14(7-9-15)11-22-23-17(25)10-13-4-2-1-3-5-13/h1-9,11,16,18-21,24,26-28H,10,12H2,(H,23,25)/t16-,18-,19+,20-,21-/m1/s1. The van der Waals surface area contributed by atoms with E-state index in [4.69, 9.17) is 9.47 Å². The molecule has 0 saturated carbocycles. The van der Waals surface area contributed by atoms with Gasteiger partial charge in [0.2, 0.25) is 12.2 Å². The van der Waals surface area contributed by atoms with Crippen molar-refractivity contribution in [2.75, 3.05) is 6.61 Å². The van der Waals surface area contributed by atoms with E-state index in [-0.39, 0.29) is 12.3 Å². The van der Waals surface area contributed by atoms with Crippen LogP contribution in [0.15, 0.2) is 59.7 Å². The molecule has 1 fully saturated rings. The third kappa shape index (κ3) is 5.62. The zero-order valence-electron chi connectivity index (χ0n) is 16.0. The fourth-order valence-electron chi connectivity index (χ4n) is 2.93. The minimum atomic E-state index is -1.51. The fraction of sp³-hybridized carbons (Fsp3) is 0.333. The molecule has 0 aromatic heterocycles. The molecule has 0 spiro atoms. The van der Waals surface area contributed by atoms with Gasteiger partial charge < -0.3 is 29.9 Å². The highest BCUT2D eigenvalue weighted by molar-refractivity contribution is 5.83. The number of aliphatic hydroxyl groups is 4. The van der Waals surface area contributed by atoms with Crippen LogP contribution in [0.5, 0.6) is 5.75 Å². The number of nitrogens with one attached hydrogen (secondary N) is 1. The van der Waals surface area contributed by atoms with Crippen LogP contribution < -0.4 is 10.2 Å². The molecule has 1 heterocycles. The van der Waals surface area contributed by atoms with E-state index in [1.54, 1.807) is 24.3 Å². The predicted molar refractivity (Wildman–Crippen MR) is 107 cm³/mol. The zero-order valence-corrected chi connectivity index (χ0v) is 16.0. The number of hydrogen-bond donors (Lipinski definition) is 5. The second-order valence-corrected chi connectivity index (χ2v) is 6.84. The van der Waals surface area contributed by atoms with Gasteiger partial charge in [0.1, 0.15) is 30.2 Å². The van der Waals surface area contributed by atoms with Crippen LogP contribution in [0, 0.1) is 0 Å². The Kier molecular flexibility index (Phi) is 7.50. The average molecular weight is 416 g/mol. The highest BCUT2D eigenvalue weighted by Crippen LogP contribution is 2.24. The number of amides is 1. The Balaban J connectivity index is 1.52. The van der Waals surface area contributed by atoms with Crippen LogP contribution in [-0.2, 0) is 16.0 Å². The highest BCUT2D eigenvalue weighted by atomic mass is 16.7. The van der Waals surface area contributed by atoms with Gasteiger partial charge in [0.25, 0.3) is 0 Å². The summed E-state index contributed by atoms with van der Waals surface area (Å²) in [7, 11) is 0. The molecule has 0 radical (unpaired) electrons. The lowest BCUT2D eigenvalue weighted by molar-refractivity contribution is -0.277. The van der Waals surface area contributed by atoms with Crippen molar-refractivity contribution in [3.05, 3.63) is 65.7 Å². The molecule has 160 valence electrons. The largest absolute Gasteiger partial charge is 0.462 e. The number of ether oxygens (including phenoxy) is 2. The van der Waals surface area contributed by atoms with Gasteiger partial charge in [-0.3, -0.25) is 4.79 Å². The third-order valence-corrected chi connectivity index (χ3v) is 4.59. The van der Waals surface area contributed by atoms with Gasteiger partial charge in [-0.05, 0) is 35.4 Å². The zero-order chi connectivity index (χ0) is 21.5. The van der Waals surface area contributed by atoms with Crippen LogP contribution in [0.2, 0.25) is 0 Å². The first kappa shape index (κ1) is 21.9. The number of carbonyl (C=O) groups is 1. The van der Waals surface area contributed by atoms with Gasteiger partial charge in [-0.15, -0.1) is 0 Å². The first-order valence-corrected chi connectivity index (χ1v) is 9.41. The van der Waals surface area contributed by atoms with Gasteiger partial charge in [0.05, 0.1) is 19.2 Å². The summed E-state index contributed by atoms with van der Waals surface area (Å²) in [6.45, 7) is -0.532. The Morgan fingerprint density at radius 3 is 2.40 bits per heavy atom. The molecule has 0 bridgehead atoms. The summed E-state index contributed by atoms with van der Waals surface area (Å²) in [5.74, 6) is 0.101. The van der Waals surface area contributed by atoms with Gasteiger partial charge in [0.15, 0.2) is 0 Å². The summed E-state index contributed by atoms with van der Waals surface area (Å²) in [6, 6.07) is 15.8. The molecular weight excluding hydrogens is 392 g/mol. The molecule has 1 saturated heterocycles. The maximum absolute atomic E-state index is 11.9. The third-order valence-electron chi connectivity index (χ3n) is 4.59. The van der Waals surface area contributed by atoms with Crippen LogP contribution >= 0.6 is 0 Å².